The van der Waals surface area contributed by atoms with Crippen molar-refractivity contribution in [1.82, 2.24) is 0 Å². The lowest BCUT2D eigenvalue weighted by Crippen LogP contribution is -2.13. The summed E-state index contributed by atoms with van der Waals surface area (Å²) in [5.41, 5.74) is 2.07. The Hall–Kier alpha value is -0.820. The molecule has 0 spiro atoms. The summed E-state index contributed by atoms with van der Waals surface area (Å²) in [4.78, 5) is 0. The molecule has 0 aliphatic heterocycles. The van der Waals surface area contributed by atoms with E-state index in [1.54, 1.807) is 6.07 Å². The zero-order chi connectivity index (χ0) is 13.3. The molecule has 18 heavy (non-hydrogen) atoms. The number of rotatable bonds is 3. The zero-order valence-electron chi connectivity index (χ0n) is 11.0. The van der Waals surface area contributed by atoms with Crippen molar-refractivity contribution in [2.75, 3.05) is 0 Å². The number of hydrogen-bond donors (Lipinski definition) is 0. The Bertz CT molecular complexity index is 450. The molecule has 0 heterocycles. The van der Waals surface area contributed by atoms with Gasteiger partial charge in [0.25, 0.3) is 0 Å². The molecule has 2 rings (SSSR count). The van der Waals surface area contributed by atoms with Crippen molar-refractivity contribution in [1.29, 1.82) is 0 Å². The molecule has 1 aliphatic rings. The van der Waals surface area contributed by atoms with E-state index in [9.17, 15) is 4.39 Å². The summed E-state index contributed by atoms with van der Waals surface area (Å²) in [5.74, 6) is 0.986. The van der Waals surface area contributed by atoms with Crippen LogP contribution in [-0.4, -0.2) is 0 Å². The first-order valence-electron chi connectivity index (χ1n) is 6.64. The maximum absolute atomic E-state index is 14.0. The summed E-state index contributed by atoms with van der Waals surface area (Å²) in [6.45, 7) is 8.54. The third-order valence-corrected chi connectivity index (χ3v) is 4.33. The van der Waals surface area contributed by atoms with Gasteiger partial charge in [0.1, 0.15) is 5.82 Å². The van der Waals surface area contributed by atoms with Crippen LogP contribution in [0.1, 0.15) is 44.6 Å². The topological polar surface area (TPSA) is 0 Å². The van der Waals surface area contributed by atoms with Crippen molar-refractivity contribution >= 4 is 11.6 Å². The van der Waals surface area contributed by atoms with Gasteiger partial charge in [0.05, 0.1) is 0 Å². The standard InChI is InChI=1S/C16H20ClF/c1-10(2)11(3)13-5-4-6-14(13)15-8-7-12(17)9-16(15)18/h7-10,13-14H,3-6H2,1-2H3/t13-,14+/m1/s1. The minimum Gasteiger partial charge on any atom is -0.207 e. The van der Waals surface area contributed by atoms with Crippen molar-refractivity contribution < 1.29 is 4.39 Å². The van der Waals surface area contributed by atoms with Gasteiger partial charge >= 0.3 is 0 Å². The van der Waals surface area contributed by atoms with E-state index in [4.69, 9.17) is 11.6 Å². The van der Waals surface area contributed by atoms with Crippen LogP contribution in [0.5, 0.6) is 0 Å². The molecule has 0 nitrogen and oxygen atoms in total. The van der Waals surface area contributed by atoms with E-state index < -0.39 is 0 Å². The summed E-state index contributed by atoms with van der Waals surface area (Å²) in [5, 5.41) is 0.466. The fourth-order valence-corrected chi connectivity index (χ4v) is 3.17. The summed E-state index contributed by atoms with van der Waals surface area (Å²) in [6.07, 6.45) is 3.34. The number of allylic oxidation sites excluding steroid dienone is 1. The van der Waals surface area contributed by atoms with E-state index in [1.807, 2.05) is 6.07 Å². The average Bonchev–Trinajstić information content (AvgIpc) is 2.76. The lowest BCUT2D eigenvalue weighted by Gasteiger charge is -2.25. The van der Waals surface area contributed by atoms with Gasteiger partial charge in [0, 0.05) is 5.02 Å². The van der Waals surface area contributed by atoms with E-state index in [0.717, 1.165) is 24.8 Å². The molecule has 2 heteroatoms. The van der Waals surface area contributed by atoms with Crippen LogP contribution in [0.3, 0.4) is 0 Å². The maximum atomic E-state index is 14.0. The number of hydrogen-bond acceptors (Lipinski definition) is 0. The highest BCUT2D eigenvalue weighted by Crippen LogP contribution is 2.45. The highest BCUT2D eigenvalue weighted by molar-refractivity contribution is 6.30. The van der Waals surface area contributed by atoms with Crippen LogP contribution < -0.4 is 0 Å². The van der Waals surface area contributed by atoms with Gasteiger partial charge in [-0.2, -0.15) is 0 Å². The lowest BCUT2D eigenvalue weighted by molar-refractivity contribution is 0.485. The monoisotopic (exact) mass is 266 g/mol. The van der Waals surface area contributed by atoms with Gasteiger partial charge < -0.3 is 0 Å². The van der Waals surface area contributed by atoms with E-state index in [-0.39, 0.29) is 11.7 Å². The molecule has 0 unspecified atom stereocenters. The van der Waals surface area contributed by atoms with Crippen molar-refractivity contribution in [2.24, 2.45) is 11.8 Å². The highest BCUT2D eigenvalue weighted by Gasteiger charge is 2.32. The Morgan fingerprint density at radius 2 is 2.11 bits per heavy atom. The molecule has 1 aromatic rings. The quantitative estimate of drug-likeness (QED) is 0.627. The third kappa shape index (κ3) is 2.61. The third-order valence-electron chi connectivity index (χ3n) is 4.10. The van der Waals surface area contributed by atoms with Gasteiger partial charge in [0.15, 0.2) is 0 Å². The van der Waals surface area contributed by atoms with Crippen molar-refractivity contribution in [3.8, 4) is 0 Å². The van der Waals surface area contributed by atoms with E-state index >= 15 is 0 Å². The van der Waals surface area contributed by atoms with Crippen LogP contribution in [0.15, 0.2) is 30.4 Å². The summed E-state index contributed by atoms with van der Waals surface area (Å²) < 4.78 is 14.0. The average molecular weight is 267 g/mol. The lowest BCUT2D eigenvalue weighted by atomic mass is 9.80. The molecule has 2 atom stereocenters. The molecule has 1 saturated carbocycles. The van der Waals surface area contributed by atoms with E-state index in [2.05, 4.69) is 20.4 Å². The molecule has 98 valence electrons. The van der Waals surface area contributed by atoms with Gasteiger partial charge in [-0.05, 0) is 48.3 Å². The van der Waals surface area contributed by atoms with Crippen LogP contribution >= 0.6 is 11.6 Å². The zero-order valence-corrected chi connectivity index (χ0v) is 11.8. The van der Waals surface area contributed by atoms with Crippen LogP contribution in [0.4, 0.5) is 4.39 Å². The summed E-state index contributed by atoms with van der Waals surface area (Å²) >= 11 is 5.82. The fraction of sp³-hybridized carbons (Fsp3) is 0.500. The predicted molar refractivity (Wildman–Crippen MR) is 75.5 cm³/mol. The van der Waals surface area contributed by atoms with E-state index in [0.29, 0.717) is 16.9 Å². The molecule has 0 aromatic heterocycles. The second-order valence-electron chi connectivity index (χ2n) is 5.54. The van der Waals surface area contributed by atoms with Gasteiger partial charge in [-0.3, -0.25) is 0 Å². The van der Waals surface area contributed by atoms with Crippen molar-refractivity contribution in [3.05, 3.63) is 46.8 Å². The molecule has 0 bridgehead atoms. The minimum atomic E-state index is -0.170. The largest absolute Gasteiger partial charge is 0.207 e. The molecule has 0 saturated heterocycles. The first-order chi connectivity index (χ1) is 8.50. The molecule has 0 amide bonds. The fourth-order valence-electron chi connectivity index (χ4n) is 3.01. The van der Waals surface area contributed by atoms with Crippen LogP contribution in [0.25, 0.3) is 0 Å². The van der Waals surface area contributed by atoms with Crippen LogP contribution in [0.2, 0.25) is 5.02 Å². The van der Waals surface area contributed by atoms with Crippen LogP contribution in [-0.2, 0) is 0 Å². The van der Waals surface area contributed by atoms with Crippen LogP contribution in [0, 0.1) is 17.7 Å². The second-order valence-corrected chi connectivity index (χ2v) is 5.98. The first-order valence-corrected chi connectivity index (χ1v) is 7.02. The molecule has 0 N–H and O–H groups in total. The molecule has 1 fully saturated rings. The Morgan fingerprint density at radius 1 is 1.39 bits per heavy atom. The van der Waals surface area contributed by atoms with Crippen molar-refractivity contribution in [3.63, 3.8) is 0 Å². The Balaban J connectivity index is 2.29. The Morgan fingerprint density at radius 3 is 2.72 bits per heavy atom. The SMILES string of the molecule is C=C(C(C)C)[C@H]1CCC[C@@H]1c1ccc(Cl)cc1F. The predicted octanol–water partition coefficient (Wildman–Crippen LogP) is 5.58. The normalized spacial score (nSPS) is 23.6. The molecular weight excluding hydrogens is 247 g/mol. The van der Waals surface area contributed by atoms with Gasteiger partial charge in [0.2, 0.25) is 0 Å². The van der Waals surface area contributed by atoms with Crippen molar-refractivity contribution in [2.45, 2.75) is 39.0 Å². The van der Waals surface area contributed by atoms with Gasteiger partial charge in [-0.1, -0.05) is 50.1 Å². The second kappa shape index (κ2) is 5.44. The summed E-state index contributed by atoms with van der Waals surface area (Å²) in [6, 6.07) is 5.05. The molecule has 1 aliphatic carbocycles. The number of benzene rings is 1. The molecule has 1 aromatic carbocycles. The smallest absolute Gasteiger partial charge is 0.128 e. The molecular formula is C16H20ClF. The minimum absolute atomic E-state index is 0.170. The first kappa shape index (κ1) is 13.6. The van der Waals surface area contributed by atoms with Gasteiger partial charge in [-0.15, -0.1) is 0 Å². The van der Waals surface area contributed by atoms with E-state index in [1.165, 1.54) is 11.6 Å². The maximum Gasteiger partial charge on any atom is 0.128 e. The highest BCUT2D eigenvalue weighted by atomic mass is 35.5. The summed E-state index contributed by atoms with van der Waals surface area (Å²) in [7, 11) is 0. The molecule has 0 radical (unpaired) electrons. The Kier molecular flexibility index (Phi) is 4.11. The Labute approximate surface area is 114 Å². The number of halogens is 2. The van der Waals surface area contributed by atoms with Gasteiger partial charge in [-0.25, -0.2) is 4.39 Å².